The summed E-state index contributed by atoms with van der Waals surface area (Å²) in [6, 6.07) is 24.6. The fourth-order valence-electron chi connectivity index (χ4n) is 3.89. The summed E-state index contributed by atoms with van der Waals surface area (Å²) >= 11 is 0. The van der Waals surface area contributed by atoms with Crippen LogP contribution in [0.3, 0.4) is 0 Å². The average molecular weight is 653 g/mol. The average Bonchev–Trinajstić information content (AvgIpc) is 3.26. The van der Waals surface area contributed by atoms with E-state index < -0.39 is 0 Å². The Kier molecular flexibility index (Phi) is 19.2. The summed E-state index contributed by atoms with van der Waals surface area (Å²) in [4.78, 5) is 0. The summed E-state index contributed by atoms with van der Waals surface area (Å²) in [6.07, 6.45) is 2.28. The normalized spacial score (nSPS) is 9.44. The van der Waals surface area contributed by atoms with Crippen LogP contribution in [0.15, 0.2) is 60.7 Å². The molecular weight excluding hydrogens is 615 g/mol. The van der Waals surface area contributed by atoms with Crippen molar-refractivity contribution < 1.29 is 60.2 Å². The van der Waals surface area contributed by atoms with E-state index in [1.807, 2.05) is 0 Å². The molecule has 4 rings (SSSR count). The molecule has 0 aliphatic carbocycles. The number of halogens is 2. The Morgan fingerprint density at radius 3 is 1.22 bits per heavy atom. The minimum Gasteiger partial charge on any atom is -1.00 e. The first-order valence-electron chi connectivity index (χ1n) is 11.2. The quantitative estimate of drug-likeness (QED) is 0.235. The van der Waals surface area contributed by atoms with E-state index in [2.05, 4.69) is 102 Å². The Labute approximate surface area is 238 Å². The molecule has 4 heteroatoms. The molecule has 0 N–H and O–H groups in total. The van der Waals surface area contributed by atoms with Crippen LogP contribution in [0.2, 0.25) is 12.1 Å². The van der Waals surface area contributed by atoms with Crippen LogP contribution in [0.1, 0.15) is 49.9 Å². The van der Waals surface area contributed by atoms with Crippen molar-refractivity contribution in [2.24, 2.45) is 0 Å². The molecular formula is C28H37Br2SiZr. The first-order valence-corrected chi connectivity index (χ1v) is 12.8. The van der Waals surface area contributed by atoms with Crippen LogP contribution in [0.25, 0.3) is 21.5 Å². The standard InChI is InChI=1S/2C12H13.C4H11Si.2BrH.Zr/c2*1-3-10-8-11-6-4-5-7-12(11)9(10)2;1-3-5-4-2;;;/h2*4-8H,3H2,1-2H3;5H,3-4H2,1-2H3;2*1H;/q2*-1;;;;+4/p-2. The fraction of sp³-hybridized carbons (Fsp3) is 0.357. The van der Waals surface area contributed by atoms with E-state index >= 15 is 0 Å². The molecule has 0 unspecified atom stereocenters. The van der Waals surface area contributed by atoms with Gasteiger partial charge in [0.15, 0.2) is 0 Å². The van der Waals surface area contributed by atoms with Crippen LogP contribution in [0.4, 0.5) is 0 Å². The monoisotopic (exact) mass is 649 g/mol. The zero-order chi connectivity index (χ0) is 21.2. The molecule has 0 bridgehead atoms. The van der Waals surface area contributed by atoms with Crippen molar-refractivity contribution in [2.45, 2.75) is 66.5 Å². The van der Waals surface area contributed by atoms with E-state index in [1.54, 1.807) is 0 Å². The zero-order valence-electron chi connectivity index (χ0n) is 20.4. The number of fused-ring (bicyclic) bond motifs is 2. The Bertz CT molecular complexity index is 935. The molecule has 0 fully saturated rings. The van der Waals surface area contributed by atoms with E-state index in [0.717, 1.165) is 22.4 Å². The number of aryl methyl sites for hydroxylation is 4. The molecule has 0 saturated heterocycles. The van der Waals surface area contributed by atoms with Crippen LogP contribution in [-0.4, -0.2) is 9.52 Å². The molecule has 0 saturated carbocycles. The molecule has 0 atom stereocenters. The molecule has 0 spiro atoms. The van der Waals surface area contributed by atoms with Gasteiger partial charge in [-0.2, -0.15) is 11.1 Å². The minimum absolute atomic E-state index is 0. The van der Waals surface area contributed by atoms with Gasteiger partial charge in [-0.25, -0.2) is 0 Å². The van der Waals surface area contributed by atoms with Crippen LogP contribution in [0.5, 0.6) is 0 Å². The summed E-state index contributed by atoms with van der Waals surface area (Å²) in [5, 5.41) is 5.59. The predicted molar refractivity (Wildman–Crippen MR) is 135 cm³/mol. The van der Waals surface area contributed by atoms with Gasteiger partial charge in [-0.3, -0.25) is 0 Å². The first kappa shape index (κ1) is 33.9. The second kappa shape index (κ2) is 18.1. The molecule has 0 aliphatic heterocycles. The molecule has 0 amide bonds. The predicted octanol–water partition coefficient (Wildman–Crippen LogP) is 2.16. The molecule has 4 aromatic rings. The fourth-order valence-corrected chi connectivity index (χ4v) is 4.47. The minimum atomic E-state index is 0. The maximum Gasteiger partial charge on any atom is 4.00 e. The Morgan fingerprint density at radius 2 is 0.969 bits per heavy atom. The molecule has 0 aromatic heterocycles. The second-order valence-corrected chi connectivity index (χ2v) is 9.79. The molecule has 4 aromatic carbocycles. The van der Waals surface area contributed by atoms with E-state index in [1.165, 1.54) is 55.9 Å². The molecule has 0 aliphatic rings. The smallest absolute Gasteiger partial charge is 1.00 e. The van der Waals surface area contributed by atoms with Gasteiger partial charge in [-0.15, -0.1) is 81.2 Å². The van der Waals surface area contributed by atoms with Gasteiger partial charge in [-0.1, -0.05) is 65.8 Å². The van der Waals surface area contributed by atoms with E-state index in [9.17, 15) is 0 Å². The van der Waals surface area contributed by atoms with E-state index in [-0.39, 0.29) is 60.2 Å². The van der Waals surface area contributed by atoms with Gasteiger partial charge >= 0.3 is 26.2 Å². The topological polar surface area (TPSA) is 0 Å². The van der Waals surface area contributed by atoms with Crippen LogP contribution >= 0.6 is 0 Å². The third-order valence-corrected chi connectivity index (χ3v) is 6.85. The van der Waals surface area contributed by atoms with Crippen molar-refractivity contribution in [1.29, 1.82) is 0 Å². The number of benzene rings is 2. The number of hydrogen-bond acceptors (Lipinski definition) is 0. The Hall–Kier alpha value is -0.280. The summed E-state index contributed by atoms with van der Waals surface area (Å²) in [6.45, 7) is 13.3. The van der Waals surface area contributed by atoms with Crippen molar-refractivity contribution in [2.75, 3.05) is 0 Å². The summed E-state index contributed by atoms with van der Waals surface area (Å²) < 4.78 is 0. The van der Waals surface area contributed by atoms with Gasteiger partial charge in [0.1, 0.15) is 0 Å². The Morgan fingerprint density at radius 1 is 0.625 bits per heavy atom. The second-order valence-electron chi connectivity index (χ2n) is 7.58. The van der Waals surface area contributed by atoms with Gasteiger partial charge in [0, 0.05) is 9.52 Å². The van der Waals surface area contributed by atoms with Gasteiger partial charge in [-0.05, 0) is 12.8 Å². The molecule has 0 heterocycles. The number of rotatable bonds is 4. The van der Waals surface area contributed by atoms with Crippen LogP contribution < -0.4 is 34.0 Å². The largest absolute Gasteiger partial charge is 4.00 e. The molecule has 171 valence electrons. The van der Waals surface area contributed by atoms with Crippen molar-refractivity contribution in [3.05, 3.63) is 82.9 Å². The van der Waals surface area contributed by atoms with Crippen molar-refractivity contribution in [3.63, 3.8) is 0 Å². The Balaban J connectivity index is 0. The SMILES string of the molecule is CC[SiH]CC.CCc1[cH-]c2ccccc2c1C.CCc1[cH-]c2ccccc2c1C.[Br-].[Br-].[Zr+4]. The van der Waals surface area contributed by atoms with Gasteiger partial charge in [0.2, 0.25) is 0 Å². The van der Waals surface area contributed by atoms with Gasteiger partial charge < -0.3 is 34.0 Å². The summed E-state index contributed by atoms with van der Waals surface area (Å²) in [5.41, 5.74) is 5.87. The van der Waals surface area contributed by atoms with E-state index in [4.69, 9.17) is 0 Å². The van der Waals surface area contributed by atoms with Gasteiger partial charge in [0.25, 0.3) is 0 Å². The summed E-state index contributed by atoms with van der Waals surface area (Å²) in [7, 11) is 0.815. The molecule has 32 heavy (non-hydrogen) atoms. The maximum atomic E-state index is 2.30. The zero-order valence-corrected chi connectivity index (χ0v) is 27.2. The van der Waals surface area contributed by atoms with Gasteiger partial charge in [0.05, 0.1) is 0 Å². The third-order valence-electron chi connectivity index (χ3n) is 5.69. The summed E-state index contributed by atoms with van der Waals surface area (Å²) in [5.74, 6) is 0. The third kappa shape index (κ3) is 9.16. The van der Waals surface area contributed by atoms with Crippen LogP contribution in [-0.2, 0) is 39.0 Å². The van der Waals surface area contributed by atoms with Crippen molar-refractivity contribution >= 4 is 31.1 Å². The maximum absolute atomic E-state index is 2.30. The van der Waals surface area contributed by atoms with Crippen molar-refractivity contribution in [3.8, 4) is 0 Å². The molecule has 1 radical (unpaired) electrons. The van der Waals surface area contributed by atoms with Crippen molar-refractivity contribution in [1.82, 2.24) is 0 Å². The molecule has 0 nitrogen and oxygen atoms in total. The first-order chi connectivity index (χ1) is 14.1. The van der Waals surface area contributed by atoms with Crippen LogP contribution in [0, 0.1) is 13.8 Å². The van der Waals surface area contributed by atoms with E-state index in [0.29, 0.717) is 0 Å². The number of hydrogen-bond donors (Lipinski definition) is 0.